The fourth-order valence-electron chi connectivity index (χ4n) is 0.732. The monoisotopic (exact) mass is 222 g/mol. The zero-order valence-corrected chi connectivity index (χ0v) is 7.37. The molecule has 1 N–H and O–H groups in total. The van der Waals surface area contributed by atoms with Crippen molar-refractivity contribution in [3.05, 3.63) is 12.1 Å². The number of isocyanates is 1. The number of nitrogens with zero attached hydrogens (tertiary/aromatic N) is 3. The number of ether oxygens (including phenoxy) is 1. The lowest BCUT2D eigenvalue weighted by molar-refractivity contribution is -0.0657. The number of alkyl halides is 3. The Kier molecular flexibility index (Phi) is 2.96. The van der Waals surface area contributed by atoms with E-state index < -0.39 is 12.0 Å². The van der Waals surface area contributed by atoms with Crippen molar-refractivity contribution in [2.75, 3.05) is 7.11 Å². The van der Waals surface area contributed by atoms with E-state index in [1.54, 1.807) is 5.43 Å². The molecule has 0 bridgehead atoms. The molecule has 0 radical (unpaired) electrons. The summed E-state index contributed by atoms with van der Waals surface area (Å²) in [5.74, 6) is -1.67. The Labute approximate surface area is 81.7 Å². The van der Waals surface area contributed by atoms with Gasteiger partial charge in [-0.1, -0.05) is 5.10 Å². The number of hydrazine groups is 1. The molecule has 82 valence electrons. The second-order valence-electron chi connectivity index (χ2n) is 2.28. The zero-order chi connectivity index (χ0) is 11.5. The van der Waals surface area contributed by atoms with Crippen LogP contribution in [0, 0.1) is 0 Å². The molecule has 0 aromatic rings. The first-order valence-electron chi connectivity index (χ1n) is 3.52. The van der Waals surface area contributed by atoms with Crippen LogP contribution in [0.3, 0.4) is 0 Å². The van der Waals surface area contributed by atoms with Crippen LogP contribution in [0.5, 0.6) is 0 Å². The van der Waals surface area contributed by atoms with Gasteiger partial charge in [0.1, 0.15) is 6.20 Å². The SMILES string of the molecule is COC1=CN(N=C=O)NC(C(F)(F)F)=N1. The molecule has 0 fully saturated rings. The van der Waals surface area contributed by atoms with Crippen LogP contribution in [-0.2, 0) is 9.53 Å². The maximum Gasteiger partial charge on any atom is 0.451 e. The van der Waals surface area contributed by atoms with Crippen molar-refractivity contribution in [1.82, 2.24) is 10.5 Å². The summed E-state index contributed by atoms with van der Waals surface area (Å²) in [5.41, 5.74) is 1.73. The van der Waals surface area contributed by atoms with Gasteiger partial charge in [-0.05, 0) is 0 Å². The molecular weight excluding hydrogens is 217 g/mol. The standard InChI is InChI=1S/C6H5F3N4O2/c1-15-4-2-13(10-3-14)12-5(11-4)6(7,8)9/h2H,1H3,(H,11,12). The third kappa shape index (κ3) is 2.71. The van der Waals surface area contributed by atoms with Crippen molar-refractivity contribution in [2.45, 2.75) is 6.18 Å². The topological polar surface area (TPSA) is 66.3 Å². The van der Waals surface area contributed by atoms with Gasteiger partial charge in [-0.3, -0.25) is 5.43 Å². The molecule has 0 aliphatic carbocycles. The fourth-order valence-corrected chi connectivity index (χ4v) is 0.732. The molecule has 0 aromatic heterocycles. The van der Waals surface area contributed by atoms with Crippen LogP contribution >= 0.6 is 0 Å². The van der Waals surface area contributed by atoms with E-state index in [0.717, 1.165) is 19.4 Å². The summed E-state index contributed by atoms with van der Waals surface area (Å²) in [5, 5.41) is 3.43. The zero-order valence-electron chi connectivity index (χ0n) is 7.37. The summed E-state index contributed by atoms with van der Waals surface area (Å²) in [6, 6.07) is 0. The van der Waals surface area contributed by atoms with Crippen molar-refractivity contribution in [3.8, 4) is 0 Å². The number of amidine groups is 1. The number of hydrogen-bond acceptors (Lipinski definition) is 6. The summed E-state index contributed by atoms with van der Waals surface area (Å²) < 4.78 is 41.2. The van der Waals surface area contributed by atoms with Crippen LogP contribution in [0.4, 0.5) is 13.2 Å². The second-order valence-corrected chi connectivity index (χ2v) is 2.28. The average molecular weight is 222 g/mol. The molecule has 9 heteroatoms. The second kappa shape index (κ2) is 4.01. The smallest absolute Gasteiger partial charge is 0.451 e. The lowest BCUT2D eigenvalue weighted by Crippen LogP contribution is -2.45. The molecule has 0 saturated heterocycles. The summed E-state index contributed by atoms with van der Waals surface area (Å²) in [6.07, 6.45) is -2.66. The minimum Gasteiger partial charge on any atom is -0.480 e. The van der Waals surface area contributed by atoms with Crippen LogP contribution in [0.15, 0.2) is 22.2 Å². The van der Waals surface area contributed by atoms with Crippen molar-refractivity contribution in [1.29, 1.82) is 0 Å². The van der Waals surface area contributed by atoms with Gasteiger partial charge in [-0.15, -0.1) is 0 Å². The number of hydrazone groups is 1. The van der Waals surface area contributed by atoms with Gasteiger partial charge in [0.2, 0.25) is 11.7 Å². The highest BCUT2D eigenvalue weighted by atomic mass is 19.4. The minimum atomic E-state index is -4.69. The van der Waals surface area contributed by atoms with Crippen molar-refractivity contribution in [3.63, 3.8) is 0 Å². The van der Waals surface area contributed by atoms with E-state index in [1.165, 1.54) is 0 Å². The third-order valence-corrected chi connectivity index (χ3v) is 1.30. The molecule has 0 spiro atoms. The van der Waals surface area contributed by atoms with Crippen LogP contribution < -0.4 is 5.43 Å². The number of methoxy groups -OCH3 is 1. The lowest BCUT2D eigenvalue weighted by Gasteiger charge is -2.22. The van der Waals surface area contributed by atoms with Gasteiger partial charge >= 0.3 is 6.18 Å². The van der Waals surface area contributed by atoms with E-state index in [-0.39, 0.29) is 5.88 Å². The van der Waals surface area contributed by atoms with Crippen LogP contribution in [-0.4, -0.2) is 30.3 Å². The van der Waals surface area contributed by atoms with Crippen LogP contribution in [0.25, 0.3) is 0 Å². The first-order chi connectivity index (χ1) is 6.97. The molecule has 0 atom stereocenters. The van der Waals surface area contributed by atoms with Gasteiger partial charge in [0.25, 0.3) is 6.08 Å². The molecule has 1 aliphatic heterocycles. The van der Waals surface area contributed by atoms with Gasteiger partial charge < -0.3 is 4.74 Å². The summed E-state index contributed by atoms with van der Waals surface area (Å²) >= 11 is 0. The highest BCUT2D eigenvalue weighted by Gasteiger charge is 2.39. The quantitative estimate of drug-likeness (QED) is 0.544. The van der Waals surface area contributed by atoms with Crippen molar-refractivity contribution < 1.29 is 22.7 Å². The molecule has 15 heavy (non-hydrogen) atoms. The van der Waals surface area contributed by atoms with Gasteiger partial charge in [-0.2, -0.15) is 23.3 Å². The Morgan fingerprint density at radius 2 is 2.33 bits per heavy atom. The van der Waals surface area contributed by atoms with Crippen LogP contribution in [0.1, 0.15) is 0 Å². The van der Waals surface area contributed by atoms with E-state index in [1.807, 2.05) is 0 Å². The van der Waals surface area contributed by atoms with E-state index in [4.69, 9.17) is 0 Å². The maximum atomic E-state index is 12.2. The molecule has 1 aliphatic rings. The van der Waals surface area contributed by atoms with E-state index in [9.17, 15) is 18.0 Å². The summed E-state index contributed by atoms with van der Waals surface area (Å²) in [4.78, 5) is 13.0. The minimum absolute atomic E-state index is 0.333. The number of carbonyl (C=O) groups excluding carboxylic acids is 1. The molecule has 1 rings (SSSR count). The molecule has 0 amide bonds. The van der Waals surface area contributed by atoms with Gasteiger partial charge in [-0.25, -0.2) is 4.79 Å². The maximum absolute atomic E-state index is 12.2. The van der Waals surface area contributed by atoms with Gasteiger partial charge in [0.05, 0.1) is 7.11 Å². The van der Waals surface area contributed by atoms with Crippen molar-refractivity contribution in [2.24, 2.45) is 10.1 Å². The fraction of sp³-hybridized carbons (Fsp3) is 0.333. The molecule has 0 aromatic carbocycles. The Hall–Kier alpha value is -2.02. The Bertz CT molecular complexity index is 356. The summed E-state index contributed by atoms with van der Waals surface area (Å²) in [7, 11) is 1.14. The van der Waals surface area contributed by atoms with Crippen LogP contribution in [0.2, 0.25) is 0 Å². The highest BCUT2D eigenvalue weighted by Crippen LogP contribution is 2.20. The Morgan fingerprint density at radius 3 is 2.80 bits per heavy atom. The predicted molar refractivity (Wildman–Crippen MR) is 41.7 cm³/mol. The van der Waals surface area contributed by atoms with E-state index in [2.05, 4.69) is 14.8 Å². The Balaban J connectivity index is 2.98. The predicted octanol–water partition coefficient (Wildman–Crippen LogP) is 0.463. The number of rotatable bonds is 2. The number of halogens is 3. The normalized spacial score (nSPS) is 15.9. The first kappa shape index (κ1) is 11.1. The van der Waals surface area contributed by atoms with Gasteiger partial charge in [0, 0.05) is 0 Å². The third-order valence-electron chi connectivity index (χ3n) is 1.30. The molecule has 6 nitrogen and oxygen atoms in total. The average Bonchev–Trinajstić information content (AvgIpc) is 2.16. The van der Waals surface area contributed by atoms with E-state index >= 15 is 0 Å². The molecule has 1 heterocycles. The molecule has 0 saturated carbocycles. The molecular formula is C6H5F3N4O2. The first-order valence-corrected chi connectivity index (χ1v) is 3.52. The Morgan fingerprint density at radius 1 is 1.67 bits per heavy atom. The van der Waals surface area contributed by atoms with E-state index in [0.29, 0.717) is 5.12 Å². The van der Waals surface area contributed by atoms with Gasteiger partial charge in [0.15, 0.2) is 0 Å². The highest BCUT2D eigenvalue weighted by molar-refractivity contribution is 5.88. The lowest BCUT2D eigenvalue weighted by atomic mass is 10.5. The molecule has 0 unspecified atom stereocenters. The number of nitrogens with one attached hydrogen (secondary N) is 1. The summed E-state index contributed by atoms with van der Waals surface area (Å²) in [6.45, 7) is 0. The van der Waals surface area contributed by atoms with Crippen molar-refractivity contribution >= 4 is 11.9 Å². The number of aliphatic imine (C=N–C) groups is 1. The largest absolute Gasteiger partial charge is 0.480 e. The number of hydrogen-bond donors (Lipinski definition) is 1.